The van der Waals surface area contributed by atoms with Crippen molar-refractivity contribution in [1.82, 2.24) is 5.32 Å². The van der Waals surface area contributed by atoms with E-state index in [1.165, 1.54) is 186 Å². The van der Waals surface area contributed by atoms with Crippen molar-refractivity contribution in [2.45, 2.75) is 302 Å². The Bertz CT molecular complexity index is 950. The Labute approximate surface area is 373 Å². The zero-order chi connectivity index (χ0) is 43.8. The highest BCUT2D eigenvalue weighted by atomic mass is 16.5. The van der Waals surface area contributed by atoms with E-state index in [9.17, 15) is 19.8 Å². The Morgan fingerprint density at radius 3 is 1.23 bits per heavy atom. The number of hydrogen-bond donors (Lipinski definition) is 3. The first kappa shape index (κ1) is 58.3. The molecule has 0 spiro atoms. The minimum Gasteiger partial charge on any atom is -0.462 e. The molecule has 3 N–H and O–H groups in total. The van der Waals surface area contributed by atoms with Gasteiger partial charge in [0.05, 0.1) is 25.2 Å². The van der Waals surface area contributed by atoms with Crippen molar-refractivity contribution in [1.29, 1.82) is 0 Å². The number of unbranched alkanes of at least 4 members (excludes halogenated alkanes) is 32. The normalized spacial score (nSPS) is 13.3. The Balaban J connectivity index is 4.54. The second kappa shape index (κ2) is 48.4. The van der Waals surface area contributed by atoms with Gasteiger partial charge in [-0.05, 0) is 70.6 Å². The van der Waals surface area contributed by atoms with Crippen LogP contribution in [0.1, 0.15) is 284 Å². The quantitative estimate of drug-likeness (QED) is 0.0322. The van der Waals surface area contributed by atoms with Gasteiger partial charge in [0.25, 0.3) is 0 Å². The molecule has 354 valence electrons. The first-order valence-electron chi connectivity index (χ1n) is 26.6. The lowest BCUT2D eigenvalue weighted by Gasteiger charge is -2.24. The number of carbonyl (C=O) groups excluding carboxylic acids is 2. The van der Waals surface area contributed by atoms with Gasteiger partial charge in [-0.1, -0.05) is 225 Å². The molecule has 0 aliphatic carbocycles. The van der Waals surface area contributed by atoms with Crippen LogP contribution >= 0.6 is 0 Å². The first-order chi connectivity index (χ1) is 29.5. The van der Waals surface area contributed by atoms with Gasteiger partial charge < -0.3 is 20.3 Å². The number of aliphatic hydroxyl groups excluding tert-OH is 2. The molecule has 0 aliphatic heterocycles. The smallest absolute Gasteiger partial charge is 0.306 e. The lowest BCUT2D eigenvalue weighted by molar-refractivity contribution is -0.151. The molecule has 0 radical (unpaired) electrons. The van der Waals surface area contributed by atoms with Crippen molar-refractivity contribution < 1.29 is 24.5 Å². The van der Waals surface area contributed by atoms with Crippen LogP contribution in [-0.4, -0.2) is 46.9 Å². The lowest BCUT2D eigenvalue weighted by atomic mass is 10.0. The summed E-state index contributed by atoms with van der Waals surface area (Å²) in [5.41, 5.74) is 0. The molecule has 0 heterocycles. The minimum atomic E-state index is -0.791. The van der Waals surface area contributed by atoms with Gasteiger partial charge >= 0.3 is 5.97 Å². The van der Waals surface area contributed by atoms with Gasteiger partial charge in [-0.2, -0.15) is 0 Å². The van der Waals surface area contributed by atoms with Crippen molar-refractivity contribution in [3.8, 4) is 0 Å². The molecular weight excluding hydrogens is 743 g/mol. The zero-order valence-corrected chi connectivity index (χ0v) is 40.4. The number of esters is 1. The lowest BCUT2D eigenvalue weighted by Crippen LogP contribution is -2.46. The van der Waals surface area contributed by atoms with E-state index < -0.39 is 18.2 Å². The van der Waals surface area contributed by atoms with Crippen LogP contribution in [-0.2, 0) is 14.3 Å². The van der Waals surface area contributed by atoms with Crippen LogP contribution in [0.15, 0.2) is 24.3 Å². The average molecular weight is 846 g/mol. The van der Waals surface area contributed by atoms with Gasteiger partial charge in [-0.25, -0.2) is 0 Å². The van der Waals surface area contributed by atoms with E-state index in [0.29, 0.717) is 19.3 Å². The summed E-state index contributed by atoms with van der Waals surface area (Å²) >= 11 is 0. The van der Waals surface area contributed by atoms with Crippen molar-refractivity contribution in [2.75, 3.05) is 6.61 Å². The van der Waals surface area contributed by atoms with E-state index in [-0.39, 0.29) is 24.9 Å². The second-order valence-corrected chi connectivity index (χ2v) is 18.3. The Morgan fingerprint density at radius 2 is 0.817 bits per heavy atom. The van der Waals surface area contributed by atoms with Gasteiger partial charge in [-0.15, -0.1) is 0 Å². The summed E-state index contributed by atoms with van der Waals surface area (Å²) in [6.07, 6.45) is 55.2. The van der Waals surface area contributed by atoms with Crippen LogP contribution in [0.4, 0.5) is 0 Å². The standard InChI is InChI=1S/C54H103NO5/c1-4-7-10-13-16-19-22-25-27-29-32-35-38-41-44-47-54(59)60-50(45-42-39-36-33-30-24-21-18-15-12-9-6-3)48-53(58)55-51(49-56)52(57)46-43-40-37-34-31-28-26-23-20-17-14-11-8-5-2/h19,22,33,36,50-52,56-57H,4-18,20-21,23-32,34-35,37-49H2,1-3H3,(H,55,58)/b22-19-,36-33-. The Hall–Kier alpha value is -1.66. The molecule has 0 fully saturated rings. The highest BCUT2D eigenvalue weighted by molar-refractivity contribution is 5.77. The molecule has 0 aromatic carbocycles. The number of aliphatic hydroxyl groups is 2. The molecule has 0 aromatic rings. The third-order valence-electron chi connectivity index (χ3n) is 12.3. The van der Waals surface area contributed by atoms with E-state index in [1.54, 1.807) is 0 Å². The van der Waals surface area contributed by atoms with Gasteiger partial charge in [0.1, 0.15) is 6.10 Å². The van der Waals surface area contributed by atoms with Crippen LogP contribution in [0.2, 0.25) is 0 Å². The molecule has 6 nitrogen and oxygen atoms in total. The van der Waals surface area contributed by atoms with Gasteiger partial charge in [-0.3, -0.25) is 9.59 Å². The fourth-order valence-electron chi connectivity index (χ4n) is 8.19. The maximum atomic E-state index is 13.2. The van der Waals surface area contributed by atoms with Crippen molar-refractivity contribution in [3.63, 3.8) is 0 Å². The summed E-state index contributed by atoms with van der Waals surface area (Å²) in [5.74, 6) is -0.496. The molecule has 0 saturated heterocycles. The summed E-state index contributed by atoms with van der Waals surface area (Å²) in [7, 11) is 0. The monoisotopic (exact) mass is 846 g/mol. The summed E-state index contributed by atoms with van der Waals surface area (Å²) in [4.78, 5) is 26.1. The molecule has 60 heavy (non-hydrogen) atoms. The Kier molecular flexibility index (Phi) is 47.0. The third-order valence-corrected chi connectivity index (χ3v) is 12.3. The summed E-state index contributed by atoms with van der Waals surface area (Å²) in [5, 5.41) is 23.8. The fourth-order valence-corrected chi connectivity index (χ4v) is 8.19. The SMILES string of the molecule is CCCCCC/C=C\CCCCCCCCCC(=O)OC(CCC/C=C\CCCCCCCCC)CC(=O)NC(CO)C(O)CCCCCCCCCCCCCCCC. The largest absolute Gasteiger partial charge is 0.462 e. The molecule has 3 atom stereocenters. The van der Waals surface area contributed by atoms with Gasteiger partial charge in [0.2, 0.25) is 5.91 Å². The molecule has 0 rings (SSSR count). The van der Waals surface area contributed by atoms with Crippen LogP contribution < -0.4 is 5.32 Å². The van der Waals surface area contributed by atoms with E-state index in [2.05, 4.69) is 50.4 Å². The summed E-state index contributed by atoms with van der Waals surface area (Å²) < 4.78 is 5.92. The average Bonchev–Trinajstić information content (AvgIpc) is 3.24. The maximum absolute atomic E-state index is 13.2. The predicted molar refractivity (Wildman–Crippen MR) is 260 cm³/mol. The zero-order valence-electron chi connectivity index (χ0n) is 40.4. The minimum absolute atomic E-state index is 0.0591. The number of ether oxygens (including phenoxy) is 1. The molecule has 0 saturated carbocycles. The number of carbonyl (C=O) groups is 2. The number of rotatable bonds is 48. The Morgan fingerprint density at radius 1 is 0.467 bits per heavy atom. The second-order valence-electron chi connectivity index (χ2n) is 18.3. The highest BCUT2D eigenvalue weighted by Gasteiger charge is 2.24. The topological polar surface area (TPSA) is 95.9 Å². The van der Waals surface area contributed by atoms with E-state index in [0.717, 1.165) is 51.4 Å². The van der Waals surface area contributed by atoms with Crippen molar-refractivity contribution in [3.05, 3.63) is 24.3 Å². The van der Waals surface area contributed by atoms with Crippen molar-refractivity contribution >= 4 is 11.9 Å². The van der Waals surface area contributed by atoms with Crippen LogP contribution in [0.5, 0.6) is 0 Å². The first-order valence-corrected chi connectivity index (χ1v) is 26.6. The number of hydrogen-bond acceptors (Lipinski definition) is 5. The van der Waals surface area contributed by atoms with Crippen LogP contribution in [0.3, 0.4) is 0 Å². The van der Waals surface area contributed by atoms with Crippen molar-refractivity contribution in [2.24, 2.45) is 0 Å². The van der Waals surface area contributed by atoms with Gasteiger partial charge in [0.15, 0.2) is 0 Å². The van der Waals surface area contributed by atoms with E-state index >= 15 is 0 Å². The molecule has 0 aliphatic rings. The number of allylic oxidation sites excluding steroid dienone is 4. The maximum Gasteiger partial charge on any atom is 0.306 e. The van der Waals surface area contributed by atoms with E-state index in [4.69, 9.17) is 4.74 Å². The van der Waals surface area contributed by atoms with Crippen LogP contribution in [0.25, 0.3) is 0 Å². The van der Waals surface area contributed by atoms with E-state index in [1.807, 2.05) is 0 Å². The number of nitrogens with one attached hydrogen (secondary N) is 1. The highest BCUT2D eigenvalue weighted by Crippen LogP contribution is 2.17. The summed E-state index contributed by atoms with van der Waals surface area (Å²) in [6.45, 7) is 6.48. The molecular formula is C54H103NO5. The molecule has 6 heteroatoms. The molecule has 0 aromatic heterocycles. The molecule has 1 amide bonds. The third kappa shape index (κ3) is 43.0. The molecule has 3 unspecified atom stereocenters. The van der Waals surface area contributed by atoms with Crippen LogP contribution in [0, 0.1) is 0 Å². The number of amides is 1. The summed E-state index contributed by atoms with van der Waals surface area (Å²) in [6, 6.07) is -0.706. The predicted octanol–water partition coefficient (Wildman–Crippen LogP) is 15.9. The fraction of sp³-hybridized carbons (Fsp3) is 0.889. The van der Waals surface area contributed by atoms with Gasteiger partial charge in [0, 0.05) is 6.42 Å². The molecule has 0 bridgehead atoms.